The Hall–Kier alpha value is -1.42. The molecule has 1 rings (SSSR count). The van der Waals surface area contributed by atoms with Gasteiger partial charge < -0.3 is 19.9 Å². The van der Waals surface area contributed by atoms with Gasteiger partial charge in [0.25, 0.3) is 0 Å². The largest absolute Gasteiger partial charge is 0.497 e. The van der Waals surface area contributed by atoms with Gasteiger partial charge in [0.15, 0.2) is 0 Å². The third-order valence-electron chi connectivity index (χ3n) is 2.36. The second-order valence-electron chi connectivity index (χ2n) is 3.73. The lowest BCUT2D eigenvalue weighted by molar-refractivity contribution is 0.244. The topological polar surface area (TPSA) is 50.7 Å². The predicted octanol–water partition coefficient (Wildman–Crippen LogP) is 1.74. The average Bonchev–Trinajstić information content (AvgIpc) is 2.35. The van der Waals surface area contributed by atoms with Gasteiger partial charge in [0.2, 0.25) is 0 Å². The lowest BCUT2D eigenvalue weighted by atomic mass is 10.2. The van der Waals surface area contributed by atoms with Gasteiger partial charge >= 0.3 is 0 Å². The summed E-state index contributed by atoms with van der Waals surface area (Å²) in [6.45, 7) is 2.85. The van der Waals surface area contributed by atoms with Gasteiger partial charge in [-0.15, -0.1) is 0 Å². The van der Waals surface area contributed by atoms with E-state index in [-0.39, 0.29) is 12.5 Å². The molecule has 0 aromatic heterocycles. The lowest BCUT2D eigenvalue weighted by Crippen LogP contribution is -2.14. The first-order valence-corrected chi connectivity index (χ1v) is 5.28. The first-order valence-electron chi connectivity index (χ1n) is 5.28. The zero-order valence-corrected chi connectivity index (χ0v) is 9.99. The average molecular weight is 225 g/mol. The molecule has 0 aliphatic carbocycles. The van der Waals surface area contributed by atoms with Gasteiger partial charge in [-0.25, -0.2) is 0 Å². The molecule has 0 aliphatic heterocycles. The molecule has 2 N–H and O–H groups in total. The van der Waals surface area contributed by atoms with Crippen LogP contribution in [0.4, 0.5) is 5.69 Å². The summed E-state index contributed by atoms with van der Waals surface area (Å²) in [6.07, 6.45) is 0. The molecule has 0 saturated carbocycles. The number of aliphatic hydroxyl groups is 1. The van der Waals surface area contributed by atoms with Gasteiger partial charge in [-0.3, -0.25) is 0 Å². The fraction of sp³-hybridized carbons (Fsp3) is 0.500. The Morgan fingerprint density at radius 1 is 1.31 bits per heavy atom. The van der Waals surface area contributed by atoms with Gasteiger partial charge in [-0.2, -0.15) is 0 Å². The molecule has 0 bridgehead atoms. The van der Waals surface area contributed by atoms with Crippen molar-refractivity contribution in [2.24, 2.45) is 5.92 Å². The minimum atomic E-state index is 0.172. The molecule has 1 unspecified atom stereocenters. The van der Waals surface area contributed by atoms with Crippen LogP contribution in [0, 0.1) is 5.92 Å². The van der Waals surface area contributed by atoms with Crippen molar-refractivity contribution in [2.45, 2.75) is 6.92 Å². The highest BCUT2D eigenvalue weighted by Gasteiger charge is 2.06. The number of methoxy groups -OCH3 is 2. The van der Waals surface area contributed by atoms with Crippen molar-refractivity contribution in [3.05, 3.63) is 18.2 Å². The predicted molar refractivity (Wildman–Crippen MR) is 64.3 cm³/mol. The Kier molecular flexibility index (Phi) is 4.92. The van der Waals surface area contributed by atoms with Crippen LogP contribution in [0.2, 0.25) is 0 Å². The summed E-state index contributed by atoms with van der Waals surface area (Å²) in [5, 5.41) is 12.2. The summed E-state index contributed by atoms with van der Waals surface area (Å²) in [5.74, 6) is 1.72. The van der Waals surface area contributed by atoms with E-state index >= 15 is 0 Å². The molecule has 16 heavy (non-hydrogen) atoms. The van der Waals surface area contributed by atoms with Gasteiger partial charge in [0, 0.05) is 19.2 Å². The fourth-order valence-corrected chi connectivity index (χ4v) is 1.29. The Morgan fingerprint density at radius 3 is 2.62 bits per heavy atom. The molecule has 4 nitrogen and oxygen atoms in total. The van der Waals surface area contributed by atoms with E-state index in [1.807, 2.05) is 25.1 Å². The molecular weight excluding hydrogens is 206 g/mol. The number of ether oxygens (including phenoxy) is 2. The zero-order chi connectivity index (χ0) is 12.0. The van der Waals surface area contributed by atoms with E-state index in [9.17, 15) is 0 Å². The quantitative estimate of drug-likeness (QED) is 0.774. The third-order valence-corrected chi connectivity index (χ3v) is 2.36. The zero-order valence-electron chi connectivity index (χ0n) is 9.99. The lowest BCUT2D eigenvalue weighted by Gasteiger charge is -2.14. The smallest absolute Gasteiger partial charge is 0.145 e. The summed E-state index contributed by atoms with van der Waals surface area (Å²) in [7, 11) is 3.24. The van der Waals surface area contributed by atoms with Gasteiger partial charge in [-0.05, 0) is 18.1 Å². The highest BCUT2D eigenvalue weighted by Crippen LogP contribution is 2.28. The minimum Gasteiger partial charge on any atom is -0.497 e. The maximum Gasteiger partial charge on any atom is 0.145 e. The Bertz CT molecular complexity index is 328. The molecule has 0 radical (unpaired) electrons. The van der Waals surface area contributed by atoms with Crippen LogP contribution in [0.25, 0.3) is 0 Å². The standard InChI is InChI=1S/C12H19NO3/c1-9(8-14)7-13-11-5-4-10(15-2)6-12(11)16-3/h4-6,9,13-14H,7-8H2,1-3H3. The molecule has 4 heteroatoms. The van der Waals surface area contributed by atoms with E-state index in [0.717, 1.165) is 17.2 Å². The summed E-state index contributed by atoms with van der Waals surface area (Å²) in [5.41, 5.74) is 0.906. The SMILES string of the molecule is COc1ccc(NCC(C)CO)c(OC)c1. The van der Waals surface area contributed by atoms with Crippen LogP contribution in [-0.2, 0) is 0 Å². The summed E-state index contributed by atoms with van der Waals surface area (Å²) in [4.78, 5) is 0. The van der Waals surface area contributed by atoms with Crippen molar-refractivity contribution in [3.63, 3.8) is 0 Å². The van der Waals surface area contributed by atoms with Crippen molar-refractivity contribution in [1.29, 1.82) is 0 Å². The van der Waals surface area contributed by atoms with Crippen molar-refractivity contribution < 1.29 is 14.6 Å². The number of aliphatic hydroxyl groups excluding tert-OH is 1. The van der Waals surface area contributed by atoms with Gasteiger partial charge in [-0.1, -0.05) is 6.92 Å². The maximum absolute atomic E-state index is 8.93. The van der Waals surface area contributed by atoms with Gasteiger partial charge in [0.05, 0.1) is 19.9 Å². The van der Waals surface area contributed by atoms with E-state index < -0.39 is 0 Å². The van der Waals surface area contributed by atoms with Crippen molar-refractivity contribution in [3.8, 4) is 11.5 Å². The number of anilines is 1. The number of hydrogen-bond acceptors (Lipinski definition) is 4. The van der Waals surface area contributed by atoms with Crippen LogP contribution in [0.15, 0.2) is 18.2 Å². The number of rotatable bonds is 6. The number of hydrogen-bond donors (Lipinski definition) is 2. The van der Waals surface area contributed by atoms with Crippen LogP contribution in [0.3, 0.4) is 0 Å². The van der Waals surface area contributed by atoms with Crippen molar-refractivity contribution >= 4 is 5.69 Å². The Labute approximate surface area is 96.2 Å². The van der Waals surface area contributed by atoms with Crippen molar-refractivity contribution in [2.75, 3.05) is 32.7 Å². The van der Waals surface area contributed by atoms with Gasteiger partial charge in [0.1, 0.15) is 11.5 Å². The molecule has 0 amide bonds. The highest BCUT2D eigenvalue weighted by atomic mass is 16.5. The molecule has 0 aliphatic rings. The van der Waals surface area contributed by atoms with Crippen LogP contribution in [-0.4, -0.2) is 32.5 Å². The fourth-order valence-electron chi connectivity index (χ4n) is 1.29. The van der Waals surface area contributed by atoms with Crippen LogP contribution < -0.4 is 14.8 Å². The van der Waals surface area contributed by atoms with E-state index in [4.69, 9.17) is 14.6 Å². The molecule has 1 atom stereocenters. The second kappa shape index (κ2) is 6.23. The number of benzene rings is 1. The molecule has 0 spiro atoms. The molecule has 90 valence electrons. The third kappa shape index (κ3) is 3.31. The van der Waals surface area contributed by atoms with E-state index in [1.165, 1.54) is 0 Å². The van der Waals surface area contributed by atoms with E-state index in [1.54, 1.807) is 14.2 Å². The minimum absolute atomic E-state index is 0.172. The first-order chi connectivity index (χ1) is 7.71. The van der Waals surface area contributed by atoms with Crippen LogP contribution in [0.5, 0.6) is 11.5 Å². The molecule has 0 heterocycles. The summed E-state index contributed by atoms with van der Waals surface area (Å²) >= 11 is 0. The Balaban J connectivity index is 2.71. The van der Waals surface area contributed by atoms with Crippen LogP contribution in [0.1, 0.15) is 6.92 Å². The monoisotopic (exact) mass is 225 g/mol. The Morgan fingerprint density at radius 2 is 2.06 bits per heavy atom. The maximum atomic E-state index is 8.93. The van der Waals surface area contributed by atoms with Crippen molar-refractivity contribution in [1.82, 2.24) is 0 Å². The normalized spacial score (nSPS) is 12.0. The van der Waals surface area contributed by atoms with E-state index in [0.29, 0.717) is 6.54 Å². The van der Waals surface area contributed by atoms with E-state index in [2.05, 4.69) is 5.32 Å². The first kappa shape index (κ1) is 12.6. The second-order valence-corrected chi connectivity index (χ2v) is 3.73. The molecule has 0 saturated heterocycles. The van der Waals surface area contributed by atoms with Crippen LogP contribution >= 0.6 is 0 Å². The summed E-state index contributed by atoms with van der Waals surface area (Å²) < 4.78 is 10.4. The molecular formula is C12H19NO3. The molecule has 1 aromatic rings. The molecule has 0 fully saturated rings. The molecule has 1 aromatic carbocycles. The number of nitrogens with one attached hydrogen (secondary N) is 1. The highest BCUT2D eigenvalue weighted by molar-refractivity contribution is 5.59. The summed E-state index contributed by atoms with van der Waals surface area (Å²) in [6, 6.07) is 5.60.